The molecule has 1 heterocycles. The zero-order valence-electron chi connectivity index (χ0n) is 8.77. The van der Waals surface area contributed by atoms with Crippen LogP contribution in [-0.2, 0) is 0 Å². The molecule has 1 nitrogen and oxygen atoms in total. The number of rotatable bonds is 1. The normalized spacial score (nSPS) is 26.3. The van der Waals surface area contributed by atoms with E-state index < -0.39 is 6.17 Å². The maximum absolute atomic E-state index is 13.7. The van der Waals surface area contributed by atoms with Gasteiger partial charge in [0.1, 0.15) is 6.17 Å². The van der Waals surface area contributed by atoms with Crippen molar-refractivity contribution in [3.05, 3.63) is 0 Å². The number of alkyl halides is 1. The Hall–Kier alpha value is 0.180. The molecule has 1 aliphatic heterocycles. The molecule has 2 atom stereocenters. The highest BCUT2D eigenvalue weighted by Gasteiger charge is 2.32. The van der Waals surface area contributed by atoms with E-state index in [0.717, 1.165) is 13.0 Å². The number of hydrogen-bond donors (Lipinski definition) is 1. The average Bonchev–Trinajstić information content (AvgIpc) is 2.03. The molecule has 0 bridgehead atoms. The quantitative estimate of drug-likeness (QED) is 0.701. The van der Waals surface area contributed by atoms with Crippen LogP contribution in [-0.4, -0.2) is 18.8 Å². The van der Waals surface area contributed by atoms with Crippen molar-refractivity contribution >= 4 is 12.4 Å². The van der Waals surface area contributed by atoms with Crippen molar-refractivity contribution in [1.82, 2.24) is 5.32 Å². The number of hydrogen-bond acceptors (Lipinski definition) is 1. The van der Waals surface area contributed by atoms with E-state index in [4.69, 9.17) is 0 Å². The second-order valence-electron chi connectivity index (χ2n) is 4.82. The van der Waals surface area contributed by atoms with Crippen molar-refractivity contribution in [2.45, 2.75) is 52.2 Å². The van der Waals surface area contributed by atoms with Crippen LogP contribution < -0.4 is 5.32 Å². The first-order chi connectivity index (χ1) is 5.52. The van der Waals surface area contributed by atoms with Gasteiger partial charge in [-0.3, -0.25) is 0 Å². The molecule has 0 aromatic carbocycles. The van der Waals surface area contributed by atoms with Crippen LogP contribution in [0, 0.1) is 5.41 Å². The third-order valence-electron chi connectivity index (χ3n) is 2.53. The first-order valence-electron chi connectivity index (χ1n) is 4.89. The summed E-state index contributed by atoms with van der Waals surface area (Å²) in [7, 11) is 0. The summed E-state index contributed by atoms with van der Waals surface area (Å²) in [5.41, 5.74) is -0.213. The Morgan fingerprint density at radius 2 is 1.92 bits per heavy atom. The molecule has 1 fully saturated rings. The lowest BCUT2D eigenvalue weighted by molar-refractivity contribution is 0.103. The van der Waals surface area contributed by atoms with Gasteiger partial charge in [-0.15, -0.1) is 12.4 Å². The summed E-state index contributed by atoms with van der Waals surface area (Å²) in [5.74, 6) is 0. The van der Waals surface area contributed by atoms with Crippen molar-refractivity contribution in [2.75, 3.05) is 6.54 Å². The van der Waals surface area contributed by atoms with E-state index >= 15 is 0 Å². The van der Waals surface area contributed by atoms with Crippen LogP contribution in [0.3, 0.4) is 0 Å². The summed E-state index contributed by atoms with van der Waals surface area (Å²) >= 11 is 0. The van der Waals surface area contributed by atoms with Crippen molar-refractivity contribution in [1.29, 1.82) is 0 Å². The average molecular weight is 210 g/mol. The minimum Gasteiger partial charge on any atom is -0.311 e. The number of nitrogens with one attached hydrogen (secondary N) is 1. The van der Waals surface area contributed by atoms with Gasteiger partial charge in [-0.05, 0) is 24.8 Å². The highest BCUT2D eigenvalue weighted by atomic mass is 35.5. The molecule has 0 saturated carbocycles. The molecule has 2 unspecified atom stereocenters. The molecule has 0 aromatic heterocycles. The van der Waals surface area contributed by atoms with Gasteiger partial charge in [-0.1, -0.05) is 27.2 Å². The van der Waals surface area contributed by atoms with Crippen LogP contribution in [0.15, 0.2) is 0 Å². The Morgan fingerprint density at radius 1 is 1.31 bits per heavy atom. The second-order valence-corrected chi connectivity index (χ2v) is 4.82. The molecular weight excluding hydrogens is 189 g/mol. The van der Waals surface area contributed by atoms with E-state index in [1.165, 1.54) is 12.8 Å². The van der Waals surface area contributed by atoms with E-state index in [-0.39, 0.29) is 23.9 Å². The molecule has 0 amide bonds. The first kappa shape index (κ1) is 13.2. The molecule has 0 aliphatic carbocycles. The van der Waals surface area contributed by atoms with Gasteiger partial charge in [0, 0.05) is 6.04 Å². The summed E-state index contributed by atoms with van der Waals surface area (Å²) in [4.78, 5) is 0. The molecular formula is C10H21ClFN. The van der Waals surface area contributed by atoms with Crippen LogP contribution in [0.4, 0.5) is 4.39 Å². The molecule has 1 rings (SSSR count). The highest BCUT2D eigenvalue weighted by molar-refractivity contribution is 5.85. The summed E-state index contributed by atoms with van der Waals surface area (Å²) in [6.07, 6.45) is 2.66. The Labute approximate surface area is 86.9 Å². The van der Waals surface area contributed by atoms with E-state index in [9.17, 15) is 4.39 Å². The fraction of sp³-hybridized carbons (Fsp3) is 1.00. The number of halogens is 2. The van der Waals surface area contributed by atoms with Gasteiger partial charge in [0.05, 0.1) is 0 Å². The van der Waals surface area contributed by atoms with Crippen LogP contribution in [0.2, 0.25) is 0 Å². The van der Waals surface area contributed by atoms with Crippen LogP contribution in [0.25, 0.3) is 0 Å². The van der Waals surface area contributed by atoms with E-state index in [1.807, 2.05) is 20.8 Å². The van der Waals surface area contributed by atoms with Gasteiger partial charge in [-0.25, -0.2) is 4.39 Å². The maximum atomic E-state index is 13.7. The summed E-state index contributed by atoms with van der Waals surface area (Å²) < 4.78 is 13.7. The lowest BCUT2D eigenvalue weighted by Crippen LogP contribution is -2.46. The Kier molecular flexibility index (Phi) is 5.23. The molecule has 1 aliphatic rings. The third kappa shape index (κ3) is 3.82. The molecule has 0 radical (unpaired) electrons. The van der Waals surface area contributed by atoms with Gasteiger partial charge >= 0.3 is 0 Å². The molecule has 80 valence electrons. The Morgan fingerprint density at radius 3 is 2.31 bits per heavy atom. The minimum absolute atomic E-state index is 0. The summed E-state index contributed by atoms with van der Waals surface area (Å²) in [6, 6.07) is 0.0961. The van der Waals surface area contributed by atoms with E-state index in [1.54, 1.807) is 0 Å². The maximum Gasteiger partial charge on any atom is 0.120 e. The predicted octanol–water partition coefficient (Wildman–Crippen LogP) is 2.93. The fourth-order valence-corrected chi connectivity index (χ4v) is 1.73. The summed E-state index contributed by atoms with van der Waals surface area (Å²) in [6.45, 7) is 6.89. The van der Waals surface area contributed by atoms with E-state index in [2.05, 4.69) is 5.32 Å². The van der Waals surface area contributed by atoms with Gasteiger partial charge in [-0.2, -0.15) is 0 Å². The van der Waals surface area contributed by atoms with Gasteiger partial charge in [0.25, 0.3) is 0 Å². The van der Waals surface area contributed by atoms with Crippen molar-refractivity contribution < 1.29 is 4.39 Å². The van der Waals surface area contributed by atoms with Gasteiger partial charge < -0.3 is 5.32 Å². The standard InChI is InChI=1S/C10H20FN.ClH/c1-10(2,3)9(11)8-6-4-5-7-12-8;/h8-9,12H,4-7H2,1-3H3;1H. The lowest BCUT2D eigenvalue weighted by Gasteiger charge is -2.34. The van der Waals surface area contributed by atoms with Crippen LogP contribution in [0.5, 0.6) is 0 Å². The van der Waals surface area contributed by atoms with Gasteiger partial charge in [0.2, 0.25) is 0 Å². The smallest absolute Gasteiger partial charge is 0.120 e. The topological polar surface area (TPSA) is 12.0 Å². The largest absolute Gasteiger partial charge is 0.311 e. The molecule has 0 spiro atoms. The van der Waals surface area contributed by atoms with Crippen molar-refractivity contribution in [3.8, 4) is 0 Å². The molecule has 3 heteroatoms. The molecule has 0 aromatic rings. The summed E-state index contributed by atoms with van der Waals surface area (Å²) in [5, 5.41) is 3.25. The Bertz CT molecular complexity index is 138. The molecule has 13 heavy (non-hydrogen) atoms. The second kappa shape index (κ2) is 5.16. The molecule has 1 N–H and O–H groups in total. The zero-order chi connectivity index (χ0) is 9.19. The SMILES string of the molecule is CC(C)(C)C(F)C1CCCCN1.Cl. The van der Waals surface area contributed by atoms with E-state index in [0.29, 0.717) is 0 Å². The number of piperidine rings is 1. The van der Waals surface area contributed by atoms with Crippen LogP contribution >= 0.6 is 12.4 Å². The minimum atomic E-state index is -0.710. The van der Waals surface area contributed by atoms with Crippen molar-refractivity contribution in [2.24, 2.45) is 5.41 Å². The molecule has 1 saturated heterocycles. The predicted molar refractivity (Wildman–Crippen MR) is 57.2 cm³/mol. The van der Waals surface area contributed by atoms with Crippen LogP contribution in [0.1, 0.15) is 40.0 Å². The monoisotopic (exact) mass is 209 g/mol. The zero-order valence-corrected chi connectivity index (χ0v) is 9.59. The van der Waals surface area contributed by atoms with Crippen molar-refractivity contribution in [3.63, 3.8) is 0 Å². The van der Waals surface area contributed by atoms with Gasteiger partial charge in [0.15, 0.2) is 0 Å². The highest BCUT2D eigenvalue weighted by Crippen LogP contribution is 2.28. The fourth-order valence-electron chi connectivity index (χ4n) is 1.73. The first-order valence-corrected chi connectivity index (χ1v) is 4.89. The third-order valence-corrected chi connectivity index (χ3v) is 2.53. The Balaban J connectivity index is 0.00000144. The lowest BCUT2D eigenvalue weighted by atomic mass is 9.83.